The molecular weight excluding hydrogens is 461 g/mol. The average Bonchev–Trinajstić information content (AvgIpc) is 3.10. The van der Waals surface area contributed by atoms with Crippen molar-refractivity contribution in [3.8, 4) is 0 Å². The Kier molecular flexibility index (Phi) is 5.81. The van der Waals surface area contributed by atoms with Crippen molar-refractivity contribution in [2.45, 2.75) is 25.0 Å². The molecule has 0 saturated carbocycles. The molecule has 0 aromatic heterocycles. The number of nitrogens with zero attached hydrogens (tertiary/aromatic N) is 2. The number of anilines is 1. The van der Waals surface area contributed by atoms with Crippen molar-refractivity contribution in [2.24, 2.45) is 0 Å². The first-order valence-electron chi connectivity index (χ1n) is 10.9. The van der Waals surface area contributed by atoms with Gasteiger partial charge in [0.15, 0.2) is 0 Å². The van der Waals surface area contributed by atoms with Gasteiger partial charge in [0.1, 0.15) is 5.60 Å². The van der Waals surface area contributed by atoms with Gasteiger partial charge in [0.2, 0.25) is 0 Å². The Morgan fingerprint density at radius 3 is 2.48 bits per heavy atom. The molecule has 8 heteroatoms. The fraction of sp³-hybridized carbons (Fsp3) is 0.280. The molecule has 5 rings (SSSR count). The molecule has 2 aliphatic rings. The summed E-state index contributed by atoms with van der Waals surface area (Å²) in [4.78, 5) is 28.8. The average molecular weight is 484 g/mol. The molecule has 3 amide bonds. The van der Waals surface area contributed by atoms with E-state index in [1.807, 2.05) is 12.1 Å². The Labute approximate surface area is 202 Å². The third kappa shape index (κ3) is 4.59. The number of rotatable bonds is 3. The Morgan fingerprint density at radius 1 is 0.970 bits per heavy atom. The first-order chi connectivity index (χ1) is 15.9. The van der Waals surface area contributed by atoms with Gasteiger partial charge in [0.05, 0.1) is 16.6 Å². The van der Waals surface area contributed by atoms with Crippen LogP contribution in [-0.4, -0.2) is 47.2 Å². The van der Waals surface area contributed by atoms with E-state index in [0.717, 1.165) is 10.9 Å². The quantitative estimate of drug-likeness (QED) is 0.484. The number of carbonyl (C=O) groups is 2. The highest BCUT2D eigenvalue weighted by atomic mass is 35.5. The molecule has 1 spiro atoms. The summed E-state index contributed by atoms with van der Waals surface area (Å²) in [6, 6.07) is 19.2. The third-order valence-electron chi connectivity index (χ3n) is 6.36. The van der Waals surface area contributed by atoms with Gasteiger partial charge in [0, 0.05) is 38.2 Å². The number of fused-ring (bicyclic) bond motifs is 1. The molecule has 6 nitrogen and oxygen atoms in total. The van der Waals surface area contributed by atoms with E-state index < -0.39 is 5.60 Å². The molecule has 1 N–H and O–H groups in total. The number of halogens is 2. The number of urea groups is 1. The van der Waals surface area contributed by atoms with Gasteiger partial charge < -0.3 is 15.0 Å². The van der Waals surface area contributed by atoms with E-state index in [1.54, 1.807) is 28.0 Å². The summed E-state index contributed by atoms with van der Waals surface area (Å²) >= 11 is 12.0. The van der Waals surface area contributed by atoms with Crippen LogP contribution < -0.4 is 5.32 Å². The van der Waals surface area contributed by atoms with E-state index in [4.69, 9.17) is 27.9 Å². The minimum atomic E-state index is -0.547. The number of amides is 3. The van der Waals surface area contributed by atoms with Crippen LogP contribution in [0.5, 0.6) is 0 Å². The van der Waals surface area contributed by atoms with Crippen molar-refractivity contribution in [1.82, 2.24) is 9.80 Å². The zero-order valence-electron chi connectivity index (χ0n) is 17.9. The van der Waals surface area contributed by atoms with Crippen LogP contribution in [0.25, 0.3) is 10.8 Å². The van der Waals surface area contributed by atoms with Gasteiger partial charge >= 0.3 is 12.1 Å². The van der Waals surface area contributed by atoms with E-state index in [2.05, 4.69) is 35.6 Å². The highest BCUT2D eigenvalue weighted by molar-refractivity contribution is 6.42. The van der Waals surface area contributed by atoms with Crippen LogP contribution in [0.15, 0.2) is 60.7 Å². The minimum absolute atomic E-state index is 0.208. The van der Waals surface area contributed by atoms with Crippen LogP contribution in [0.4, 0.5) is 15.3 Å². The lowest BCUT2D eigenvalue weighted by molar-refractivity contribution is 0.0109. The molecule has 2 heterocycles. The largest absolute Gasteiger partial charge is 0.441 e. The van der Waals surface area contributed by atoms with E-state index in [0.29, 0.717) is 54.8 Å². The molecule has 0 atom stereocenters. The number of nitrogens with one attached hydrogen (secondary N) is 1. The highest BCUT2D eigenvalue weighted by Crippen LogP contribution is 2.34. The monoisotopic (exact) mass is 483 g/mol. The second kappa shape index (κ2) is 8.76. The maximum absolute atomic E-state index is 12.7. The number of ether oxygens (including phenoxy) is 1. The lowest BCUT2D eigenvalue weighted by Gasteiger charge is -2.37. The lowest BCUT2D eigenvalue weighted by Crippen LogP contribution is -2.49. The first-order valence-corrected chi connectivity index (χ1v) is 11.6. The fourth-order valence-corrected chi connectivity index (χ4v) is 4.82. The zero-order chi connectivity index (χ0) is 23.0. The van der Waals surface area contributed by atoms with Crippen LogP contribution in [0.1, 0.15) is 18.4 Å². The van der Waals surface area contributed by atoms with Crippen LogP contribution >= 0.6 is 23.2 Å². The number of hydrogen-bond donors (Lipinski definition) is 1. The Morgan fingerprint density at radius 2 is 1.73 bits per heavy atom. The van der Waals surface area contributed by atoms with E-state index in [1.165, 1.54) is 5.39 Å². The standard InChI is InChI=1S/C25H23Cl2N3O3/c26-21-8-7-20(14-22(21)27)28-23(31)29-11-9-25(10-12-29)16-30(24(32)33-25)15-17-5-6-18-3-1-2-4-19(18)13-17/h1-8,13-14H,9-12,15-16H2,(H,28,31). The SMILES string of the molecule is O=C(Nc1ccc(Cl)c(Cl)c1)N1CCC2(CC1)CN(Cc1ccc3ccccc3c1)C(=O)O2. The minimum Gasteiger partial charge on any atom is -0.441 e. The van der Waals surface area contributed by atoms with Crippen LogP contribution in [-0.2, 0) is 11.3 Å². The predicted octanol–water partition coefficient (Wildman–Crippen LogP) is 6.17. The third-order valence-corrected chi connectivity index (χ3v) is 7.10. The van der Waals surface area contributed by atoms with Gasteiger partial charge in [-0.05, 0) is 40.6 Å². The summed E-state index contributed by atoms with van der Waals surface area (Å²) in [7, 11) is 0. The van der Waals surface area contributed by atoms with Gasteiger partial charge in [-0.3, -0.25) is 4.90 Å². The first kappa shape index (κ1) is 21.9. The summed E-state index contributed by atoms with van der Waals surface area (Å²) in [6.45, 7) is 2.04. The highest BCUT2D eigenvalue weighted by Gasteiger charge is 2.47. The molecule has 0 aliphatic carbocycles. The summed E-state index contributed by atoms with van der Waals surface area (Å²) in [5, 5.41) is 6.00. The molecule has 2 saturated heterocycles. The number of likely N-dealkylation sites (tertiary alicyclic amines) is 1. The maximum Gasteiger partial charge on any atom is 0.410 e. The molecule has 0 unspecified atom stereocenters. The van der Waals surface area contributed by atoms with Crippen LogP contribution in [0, 0.1) is 0 Å². The molecule has 0 bridgehead atoms. The summed E-state index contributed by atoms with van der Waals surface area (Å²) in [5.41, 5.74) is 1.11. The molecule has 2 aliphatic heterocycles. The normalized spacial score (nSPS) is 17.5. The number of piperidine rings is 1. The fourth-order valence-electron chi connectivity index (χ4n) is 4.53. The van der Waals surface area contributed by atoms with Gasteiger partial charge in [0.25, 0.3) is 0 Å². The Balaban J connectivity index is 1.19. The molecule has 2 fully saturated rings. The van der Waals surface area contributed by atoms with Crippen molar-refractivity contribution in [3.05, 3.63) is 76.3 Å². The lowest BCUT2D eigenvalue weighted by atomic mass is 9.91. The smallest absolute Gasteiger partial charge is 0.410 e. The van der Waals surface area contributed by atoms with Crippen LogP contribution in [0.2, 0.25) is 10.0 Å². The Bertz CT molecular complexity index is 1220. The van der Waals surface area contributed by atoms with E-state index >= 15 is 0 Å². The topological polar surface area (TPSA) is 61.9 Å². The molecule has 33 heavy (non-hydrogen) atoms. The van der Waals surface area contributed by atoms with E-state index in [9.17, 15) is 9.59 Å². The molecule has 3 aromatic rings. The van der Waals surface area contributed by atoms with Crippen molar-refractivity contribution in [3.63, 3.8) is 0 Å². The van der Waals surface area contributed by atoms with E-state index in [-0.39, 0.29) is 12.1 Å². The second-order valence-electron chi connectivity index (χ2n) is 8.63. The van der Waals surface area contributed by atoms with Crippen LogP contribution in [0.3, 0.4) is 0 Å². The van der Waals surface area contributed by atoms with Gasteiger partial charge in [-0.2, -0.15) is 0 Å². The molecular formula is C25H23Cl2N3O3. The van der Waals surface area contributed by atoms with Crippen molar-refractivity contribution in [2.75, 3.05) is 25.0 Å². The zero-order valence-corrected chi connectivity index (χ0v) is 19.4. The summed E-state index contributed by atoms with van der Waals surface area (Å²) in [6.07, 6.45) is 0.903. The summed E-state index contributed by atoms with van der Waals surface area (Å²) in [5.74, 6) is 0. The second-order valence-corrected chi connectivity index (χ2v) is 9.45. The number of carbonyl (C=O) groups excluding carboxylic acids is 2. The van der Waals surface area contributed by atoms with Crippen molar-refractivity contribution in [1.29, 1.82) is 0 Å². The van der Waals surface area contributed by atoms with Gasteiger partial charge in [-0.15, -0.1) is 0 Å². The molecule has 0 radical (unpaired) electrons. The van der Waals surface area contributed by atoms with Crippen molar-refractivity contribution >= 4 is 51.8 Å². The van der Waals surface area contributed by atoms with Crippen molar-refractivity contribution < 1.29 is 14.3 Å². The maximum atomic E-state index is 12.7. The predicted molar refractivity (Wildman–Crippen MR) is 130 cm³/mol. The van der Waals surface area contributed by atoms with Gasteiger partial charge in [-0.1, -0.05) is 59.6 Å². The van der Waals surface area contributed by atoms with Gasteiger partial charge in [-0.25, -0.2) is 9.59 Å². The Hall–Kier alpha value is -2.96. The summed E-state index contributed by atoms with van der Waals surface area (Å²) < 4.78 is 5.83. The molecule has 3 aromatic carbocycles. The number of benzene rings is 3. The molecule has 170 valence electrons. The number of hydrogen-bond acceptors (Lipinski definition) is 3.